The van der Waals surface area contributed by atoms with Crippen molar-refractivity contribution in [3.05, 3.63) is 65.7 Å². The first-order chi connectivity index (χ1) is 13.2. The summed E-state index contributed by atoms with van der Waals surface area (Å²) in [6.45, 7) is 5.28. The number of hydrazone groups is 1. The molecular weight excluding hydrogens is 342 g/mol. The van der Waals surface area contributed by atoms with Crippen molar-refractivity contribution in [2.45, 2.75) is 13.0 Å². The number of methoxy groups -OCH3 is 1. The van der Waals surface area contributed by atoms with Gasteiger partial charge in [-0.2, -0.15) is 5.10 Å². The van der Waals surface area contributed by atoms with Crippen molar-refractivity contribution in [1.82, 2.24) is 5.43 Å². The fraction of sp³-hybridized carbons (Fsp3) is 0.333. The van der Waals surface area contributed by atoms with Crippen molar-refractivity contribution in [3.63, 3.8) is 0 Å². The molecule has 6 nitrogen and oxygen atoms in total. The van der Waals surface area contributed by atoms with E-state index >= 15 is 0 Å². The van der Waals surface area contributed by atoms with Gasteiger partial charge in [-0.25, -0.2) is 5.43 Å². The topological polar surface area (TPSA) is 64.4 Å². The minimum absolute atomic E-state index is 0.0891. The molecular formula is C21H26N3O3+. The summed E-state index contributed by atoms with van der Waals surface area (Å²) in [6, 6.07) is 17.3. The molecule has 142 valence electrons. The first-order valence-corrected chi connectivity index (χ1v) is 9.15. The lowest BCUT2D eigenvalue weighted by molar-refractivity contribution is -0.928. The molecule has 1 saturated heterocycles. The number of morpholine rings is 1. The van der Waals surface area contributed by atoms with Crippen LogP contribution in [0.3, 0.4) is 0 Å². The molecule has 1 fully saturated rings. The van der Waals surface area contributed by atoms with E-state index in [-0.39, 0.29) is 11.9 Å². The molecule has 0 saturated carbocycles. The molecule has 0 unspecified atom stereocenters. The Bertz CT molecular complexity index is 769. The molecule has 2 aromatic carbocycles. The Hall–Kier alpha value is -2.70. The van der Waals surface area contributed by atoms with Gasteiger partial charge in [0.25, 0.3) is 5.91 Å². The first-order valence-electron chi connectivity index (χ1n) is 9.15. The third-order valence-electron chi connectivity index (χ3n) is 4.78. The molecule has 1 aliphatic heterocycles. The number of amides is 1. The number of nitrogens with one attached hydrogen (secondary N) is 2. The van der Waals surface area contributed by atoms with Gasteiger partial charge in [0.2, 0.25) is 0 Å². The molecule has 1 amide bonds. The van der Waals surface area contributed by atoms with E-state index in [2.05, 4.69) is 22.7 Å². The lowest BCUT2D eigenvalue weighted by Crippen LogP contribution is -3.15. The van der Waals surface area contributed by atoms with E-state index in [1.807, 2.05) is 25.1 Å². The molecule has 1 atom stereocenters. The maximum absolute atomic E-state index is 12.4. The molecule has 0 spiro atoms. The molecule has 1 aliphatic rings. The van der Waals surface area contributed by atoms with Gasteiger partial charge in [-0.3, -0.25) is 4.79 Å². The van der Waals surface area contributed by atoms with Crippen LogP contribution in [0.2, 0.25) is 0 Å². The zero-order chi connectivity index (χ0) is 19.1. The number of benzene rings is 2. The molecule has 0 aromatic heterocycles. The number of ether oxygens (including phenoxy) is 2. The first kappa shape index (κ1) is 19.1. The van der Waals surface area contributed by atoms with Crippen LogP contribution < -0.4 is 15.1 Å². The summed E-state index contributed by atoms with van der Waals surface area (Å²) in [5.41, 5.74) is 5.30. The second kappa shape index (κ2) is 9.30. The number of quaternary nitrogens is 1. The van der Waals surface area contributed by atoms with Crippen LogP contribution in [0.25, 0.3) is 0 Å². The highest BCUT2D eigenvalue weighted by Gasteiger charge is 2.29. The van der Waals surface area contributed by atoms with Crippen LogP contribution in [-0.4, -0.2) is 45.0 Å². The van der Waals surface area contributed by atoms with Crippen LogP contribution in [0.15, 0.2) is 59.7 Å². The largest absolute Gasteiger partial charge is 0.497 e. The van der Waals surface area contributed by atoms with Crippen LogP contribution in [0.4, 0.5) is 0 Å². The number of hydrogen-bond donors (Lipinski definition) is 2. The van der Waals surface area contributed by atoms with E-state index in [0.717, 1.165) is 32.0 Å². The van der Waals surface area contributed by atoms with Crippen molar-refractivity contribution in [1.29, 1.82) is 0 Å². The highest BCUT2D eigenvalue weighted by atomic mass is 16.5. The van der Waals surface area contributed by atoms with Crippen molar-refractivity contribution in [2.24, 2.45) is 5.10 Å². The second-order valence-corrected chi connectivity index (χ2v) is 6.54. The summed E-state index contributed by atoms with van der Waals surface area (Å²) in [5.74, 6) is 0.479. The fourth-order valence-electron chi connectivity index (χ4n) is 3.35. The van der Waals surface area contributed by atoms with Gasteiger partial charge in [-0.1, -0.05) is 30.3 Å². The number of carbonyl (C=O) groups is 1. The summed E-state index contributed by atoms with van der Waals surface area (Å²) in [6.07, 6.45) is 0. The molecule has 1 heterocycles. The van der Waals surface area contributed by atoms with E-state index in [9.17, 15) is 4.79 Å². The van der Waals surface area contributed by atoms with E-state index < -0.39 is 0 Å². The lowest BCUT2D eigenvalue weighted by Gasteiger charge is -2.31. The number of hydrogen-bond acceptors (Lipinski definition) is 4. The predicted octanol–water partition coefficient (Wildman–Crippen LogP) is 1.46. The Balaban J connectivity index is 1.75. The normalized spacial score (nSPS) is 16.6. The van der Waals surface area contributed by atoms with Gasteiger partial charge in [0.1, 0.15) is 18.8 Å². The summed E-state index contributed by atoms with van der Waals surface area (Å²) in [5, 5.41) is 4.42. The van der Waals surface area contributed by atoms with Gasteiger partial charge in [0.15, 0.2) is 6.04 Å². The quantitative estimate of drug-likeness (QED) is 0.599. The average molecular weight is 368 g/mol. The highest BCUT2D eigenvalue weighted by Crippen LogP contribution is 2.13. The van der Waals surface area contributed by atoms with Crippen molar-refractivity contribution in [3.8, 4) is 5.75 Å². The Morgan fingerprint density at radius 3 is 2.41 bits per heavy atom. The molecule has 0 bridgehead atoms. The molecule has 2 aromatic rings. The molecule has 3 rings (SSSR count). The maximum atomic E-state index is 12.4. The monoisotopic (exact) mass is 368 g/mol. The van der Waals surface area contributed by atoms with Crippen LogP contribution in [0.5, 0.6) is 5.75 Å². The Morgan fingerprint density at radius 1 is 1.11 bits per heavy atom. The SMILES string of the molecule is COc1ccc(C(=O)N/N=C(/C)[C@H](c2ccccc2)[NH+]2CCOCC2)cc1. The predicted molar refractivity (Wildman–Crippen MR) is 104 cm³/mol. The summed E-state index contributed by atoms with van der Waals surface area (Å²) in [7, 11) is 1.60. The smallest absolute Gasteiger partial charge is 0.271 e. The minimum Gasteiger partial charge on any atom is -0.497 e. The minimum atomic E-state index is -0.235. The van der Waals surface area contributed by atoms with Crippen LogP contribution in [0.1, 0.15) is 28.9 Å². The van der Waals surface area contributed by atoms with E-state index in [1.165, 1.54) is 10.5 Å². The summed E-state index contributed by atoms with van der Waals surface area (Å²) in [4.78, 5) is 13.8. The third kappa shape index (κ3) is 4.93. The molecule has 6 heteroatoms. The molecule has 2 N–H and O–H groups in total. The fourth-order valence-corrected chi connectivity index (χ4v) is 3.35. The zero-order valence-corrected chi connectivity index (χ0v) is 15.8. The highest BCUT2D eigenvalue weighted by molar-refractivity contribution is 5.96. The van der Waals surface area contributed by atoms with Gasteiger partial charge < -0.3 is 14.4 Å². The Labute approximate surface area is 159 Å². The number of rotatable bonds is 6. The van der Waals surface area contributed by atoms with E-state index in [4.69, 9.17) is 9.47 Å². The van der Waals surface area contributed by atoms with Crippen LogP contribution in [0, 0.1) is 0 Å². The molecule has 0 aliphatic carbocycles. The van der Waals surface area contributed by atoms with E-state index in [0.29, 0.717) is 11.3 Å². The van der Waals surface area contributed by atoms with Crippen molar-refractivity contribution in [2.75, 3.05) is 33.4 Å². The Kier molecular flexibility index (Phi) is 6.57. The molecule has 0 radical (unpaired) electrons. The van der Waals surface area contributed by atoms with Gasteiger partial charge in [0.05, 0.1) is 26.0 Å². The van der Waals surface area contributed by atoms with Crippen molar-refractivity contribution >= 4 is 11.6 Å². The van der Waals surface area contributed by atoms with Gasteiger partial charge in [-0.15, -0.1) is 0 Å². The average Bonchev–Trinajstić information content (AvgIpc) is 2.74. The Morgan fingerprint density at radius 2 is 1.78 bits per heavy atom. The van der Waals surface area contributed by atoms with Gasteiger partial charge in [0, 0.05) is 11.1 Å². The number of carbonyl (C=O) groups excluding carboxylic acids is 1. The number of nitrogens with zero attached hydrogens (tertiary/aromatic N) is 1. The maximum Gasteiger partial charge on any atom is 0.271 e. The molecule has 27 heavy (non-hydrogen) atoms. The van der Waals surface area contributed by atoms with Crippen molar-refractivity contribution < 1.29 is 19.2 Å². The second-order valence-electron chi connectivity index (χ2n) is 6.54. The summed E-state index contributed by atoms with van der Waals surface area (Å²) < 4.78 is 10.6. The van der Waals surface area contributed by atoms with E-state index in [1.54, 1.807) is 31.4 Å². The third-order valence-corrected chi connectivity index (χ3v) is 4.78. The standard InChI is InChI=1S/C21H25N3O3/c1-16(22-23-21(25)18-8-10-19(26-2)11-9-18)20(17-6-4-3-5-7-17)24-12-14-27-15-13-24/h3-11,20H,12-15H2,1-2H3,(H,23,25)/p+1/b22-16-/t20-/m1/s1. The van der Waals surface area contributed by atoms with Crippen LogP contribution in [-0.2, 0) is 4.74 Å². The van der Waals surface area contributed by atoms with Crippen LogP contribution >= 0.6 is 0 Å². The zero-order valence-electron chi connectivity index (χ0n) is 15.8. The van der Waals surface area contributed by atoms with Gasteiger partial charge >= 0.3 is 0 Å². The lowest BCUT2D eigenvalue weighted by atomic mass is 10.0. The van der Waals surface area contributed by atoms with Gasteiger partial charge in [-0.05, 0) is 31.2 Å². The summed E-state index contributed by atoms with van der Waals surface area (Å²) >= 11 is 0.